The van der Waals surface area contributed by atoms with Crippen molar-refractivity contribution in [1.29, 1.82) is 0 Å². The number of amides is 1. The topological polar surface area (TPSA) is 41.1 Å². The van der Waals surface area contributed by atoms with Gasteiger partial charge < -0.3 is 10.6 Å². The molecule has 2 N–H and O–H groups in total. The molecule has 1 saturated heterocycles. The van der Waals surface area contributed by atoms with E-state index in [0.29, 0.717) is 0 Å². The van der Waals surface area contributed by atoms with Gasteiger partial charge in [0.05, 0.1) is 6.04 Å². The van der Waals surface area contributed by atoms with E-state index in [1.165, 1.54) is 18.4 Å². The Balaban J connectivity index is 1.99. The van der Waals surface area contributed by atoms with Crippen molar-refractivity contribution in [2.24, 2.45) is 0 Å². The number of rotatable bonds is 2. The van der Waals surface area contributed by atoms with E-state index in [1.807, 2.05) is 25.1 Å². The highest BCUT2D eigenvalue weighted by Crippen LogP contribution is 2.21. The van der Waals surface area contributed by atoms with Crippen molar-refractivity contribution in [3.63, 3.8) is 0 Å². The first kappa shape index (κ1) is 13.6. The minimum Gasteiger partial charge on any atom is -0.325 e. The maximum Gasteiger partial charge on any atom is 0.241 e. The molecule has 18 heavy (non-hydrogen) atoms. The average Bonchev–Trinajstić information content (AvgIpc) is 2.62. The van der Waals surface area contributed by atoms with Gasteiger partial charge in [-0.1, -0.05) is 34.8 Å². The van der Waals surface area contributed by atoms with Crippen molar-refractivity contribution in [2.75, 3.05) is 11.9 Å². The van der Waals surface area contributed by atoms with Crippen molar-refractivity contribution >= 4 is 27.5 Å². The van der Waals surface area contributed by atoms with Crippen LogP contribution in [-0.4, -0.2) is 18.5 Å². The fraction of sp³-hybridized carbons (Fsp3) is 0.500. The summed E-state index contributed by atoms with van der Waals surface area (Å²) in [6.45, 7) is 2.97. The van der Waals surface area contributed by atoms with E-state index < -0.39 is 0 Å². The Bertz CT molecular complexity index is 426. The summed E-state index contributed by atoms with van der Waals surface area (Å²) in [5, 5.41) is 6.28. The molecular weight excluding hydrogens is 292 g/mol. The van der Waals surface area contributed by atoms with E-state index in [0.717, 1.165) is 29.5 Å². The normalized spacial score (nSPS) is 20.2. The molecule has 3 nitrogen and oxygen atoms in total. The third-order valence-corrected chi connectivity index (χ3v) is 4.17. The lowest BCUT2D eigenvalue weighted by Crippen LogP contribution is -2.39. The van der Waals surface area contributed by atoms with Crippen LogP contribution in [0.2, 0.25) is 0 Å². The predicted octanol–water partition coefficient (Wildman–Crippen LogP) is 3.23. The number of carbonyl (C=O) groups excluding carboxylic acids is 1. The summed E-state index contributed by atoms with van der Waals surface area (Å²) < 4.78 is 1.02. The van der Waals surface area contributed by atoms with E-state index in [-0.39, 0.29) is 11.9 Å². The smallest absolute Gasteiger partial charge is 0.241 e. The number of hydrogen-bond acceptors (Lipinski definition) is 2. The number of carbonyl (C=O) groups is 1. The Morgan fingerprint density at radius 2 is 2.22 bits per heavy atom. The van der Waals surface area contributed by atoms with Crippen LogP contribution in [0.25, 0.3) is 0 Å². The Kier molecular flexibility index (Phi) is 4.78. The zero-order valence-corrected chi connectivity index (χ0v) is 12.2. The summed E-state index contributed by atoms with van der Waals surface area (Å²) in [7, 11) is 0. The second kappa shape index (κ2) is 6.34. The molecule has 1 aliphatic heterocycles. The summed E-state index contributed by atoms with van der Waals surface area (Å²) >= 11 is 3.48. The minimum atomic E-state index is -0.0485. The number of nitrogens with one attached hydrogen (secondary N) is 2. The summed E-state index contributed by atoms with van der Waals surface area (Å²) in [4.78, 5) is 12.1. The van der Waals surface area contributed by atoms with Gasteiger partial charge in [0, 0.05) is 10.2 Å². The van der Waals surface area contributed by atoms with Crippen LogP contribution in [0.3, 0.4) is 0 Å². The van der Waals surface area contributed by atoms with Gasteiger partial charge in [-0.05, 0) is 44.0 Å². The molecule has 1 atom stereocenters. The predicted molar refractivity (Wildman–Crippen MR) is 77.8 cm³/mol. The van der Waals surface area contributed by atoms with Gasteiger partial charge in [0.25, 0.3) is 0 Å². The Hall–Kier alpha value is -0.870. The van der Waals surface area contributed by atoms with Gasteiger partial charge in [0.2, 0.25) is 5.91 Å². The molecule has 0 bridgehead atoms. The van der Waals surface area contributed by atoms with Crippen LogP contribution in [0.15, 0.2) is 22.7 Å². The molecular formula is C14H19BrN2O. The average molecular weight is 311 g/mol. The fourth-order valence-electron chi connectivity index (χ4n) is 2.15. The molecule has 0 aromatic heterocycles. The summed E-state index contributed by atoms with van der Waals surface area (Å²) in [5.74, 6) is 0.0765. The molecule has 1 aromatic rings. The number of aryl methyl sites for hydroxylation is 1. The first-order chi connectivity index (χ1) is 8.66. The van der Waals surface area contributed by atoms with Crippen molar-refractivity contribution in [3.8, 4) is 0 Å². The minimum absolute atomic E-state index is 0.0485. The molecule has 1 heterocycles. The lowest BCUT2D eigenvalue weighted by atomic mass is 10.1. The van der Waals surface area contributed by atoms with Crippen LogP contribution in [0.5, 0.6) is 0 Å². The zero-order valence-electron chi connectivity index (χ0n) is 10.6. The standard InChI is InChI=1S/C14H19BrN2O/c1-10-6-7-11(9-12(10)15)17-14(18)13-5-3-2-4-8-16-13/h6-7,9,13,16H,2-5,8H2,1H3,(H,17,18). The van der Waals surface area contributed by atoms with Gasteiger partial charge in [0.1, 0.15) is 0 Å². The van der Waals surface area contributed by atoms with Crippen molar-refractivity contribution in [2.45, 2.75) is 38.6 Å². The molecule has 98 valence electrons. The van der Waals surface area contributed by atoms with Crippen molar-refractivity contribution in [1.82, 2.24) is 5.32 Å². The van der Waals surface area contributed by atoms with E-state index in [4.69, 9.17) is 0 Å². The maximum absolute atomic E-state index is 12.1. The quantitative estimate of drug-likeness (QED) is 0.880. The van der Waals surface area contributed by atoms with Crippen LogP contribution < -0.4 is 10.6 Å². The zero-order chi connectivity index (χ0) is 13.0. The van der Waals surface area contributed by atoms with E-state index in [2.05, 4.69) is 26.6 Å². The number of benzene rings is 1. The first-order valence-electron chi connectivity index (χ1n) is 6.47. The molecule has 0 radical (unpaired) electrons. The monoisotopic (exact) mass is 310 g/mol. The molecule has 1 aromatic carbocycles. The molecule has 0 saturated carbocycles. The van der Waals surface area contributed by atoms with Gasteiger partial charge in [-0.3, -0.25) is 4.79 Å². The fourth-order valence-corrected chi connectivity index (χ4v) is 2.53. The van der Waals surface area contributed by atoms with Gasteiger partial charge in [0.15, 0.2) is 0 Å². The summed E-state index contributed by atoms with van der Waals surface area (Å²) in [5.41, 5.74) is 2.02. The van der Waals surface area contributed by atoms with Gasteiger partial charge >= 0.3 is 0 Å². The van der Waals surface area contributed by atoms with Gasteiger partial charge in [-0.2, -0.15) is 0 Å². The van der Waals surface area contributed by atoms with Crippen LogP contribution in [0, 0.1) is 6.92 Å². The van der Waals surface area contributed by atoms with Gasteiger partial charge in [-0.15, -0.1) is 0 Å². The molecule has 1 fully saturated rings. The van der Waals surface area contributed by atoms with Crippen molar-refractivity contribution < 1.29 is 4.79 Å². The highest BCUT2D eigenvalue weighted by Gasteiger charge is 2.19. The largest absolute Gasteiger partial charge is 0.325 e. The van der Waals surface area contributed by atoms with Crippen molar-refractivity contribution in [3.05, 3.63) is 28.2 Å². The molecule has 0 aliphatic carbocycles. The Labute approximate surface area is 116 Å². The Morgan fingerprint density at radius 3 is 3.00 bits per heavy atom. The van der Waals surface area contributed by atoms with Gasteiger partial charge in [-0.25, -0.2) is 0 Å². The summed E-state index contributed by atoms with van der Waals surface area (Å²) in [6, 6.07) is 5.84. The number of halogens is 1. The first-order valence-corrected chi connectivity index (χ1v) is 7.26. The second-order valence-corrected chi connectivity index (χ2v) is 5.66. The second-order valence-electron chi connectivity index (χ2n) is 4.81. The molecule has 1 unspecified atom stereocenters. The third-order valence-electron chi connectivity index (χ3n) is 3.32. The number of hydrogen-bond donors (Lipinski definition) is 2. The highest BCUT2D eigenvalue weighted by molar-refractivity contribution is 9.10. The highest BCUT2D eigenvalue weighted by atomic mass is 79.9. The molecule has 1 aliphatic rings. The van der Waals surface area contributed by atoms with E-state index in [1.54, 1.807) is 0 Å². The molecule has 2 rings (SSSR count). The molecule has 0 spiro atoms. The Morgan fingerprint density at radius 1 is 1.39 bits per heavy atom. The van der Waals surface area contributed by atoms with Crippen LogP contribution >= 0.6 is 15.9 Å². The summed E-state index contributed by atoms with van der Waals surface area (Å²) in [6.07, 6.45) is 4.44. The van der Waals surface area contributed by atoms with Crippen LogP contribution in [-0.2, 0) is 4.79 Å². The number of anilines is 1. The van der Waals surface area contributed by atoms with Crippen LogP contribution in [0.1, 0.15) is 31.2 Å². The molecule has 4 heteroatoms. The lowest BCUT2D eigenvalue weighted by molar-refractivity contribution is -0.118. The maximum atomic E-state index is 12.1. The van der Waals surface area contributed by atoms with Crippen LogP contribution in [0.4, 0.5) is 5.69 Å². The SMILES string of the molecule is Cc1ccc(NC(=O)C2CCCCCN2)cc1Br. The lowest BCUT2D eigenvalue weighted by Gasteiger charge is -2.16. The van der Waals surface area contributed by atoms with E-state index >= 15 is 0 Å². The molecule has 1 amide bonds. The van der Waals surface area contributed by atoms with E-state index in [9.17, 15) is 4.79 Å². The third kappa shape index (κ3) is 3.56.